The maximum atomic E-state index is 9.75. The Morgan fingerprint density at radius 3 is 1.72 bits per heavy atom. The van der Waals surface area contributed by atoms with Gasteiger partial charge in [0.25, 0.3) is 0 Å². The first kappa shape index (κ1) is 36.0. The summed E-state index contributed by atoms with van der Waals surface area (Å²) < 4.78 is 0. The molecule has 61 heavy (non-hydrogen) atoms. The van der Waals surface area contributed by atoms with Crippen LogP contribution in [0.25, 0.3) is 100 Å². The van der Waals surface area contributed by atoms with Crippen molar-refractivity contribution in [2.24, 2.45) is 0 Å². The van der Waals surface area contributed by atoms with Gasteiger partial charge in [0.15, 0.2) is 17.5 Å². The molecule has 7 aromatic carbocycles. The zero-order chi connectivity index (χ0) is 41.1. The van der Waals surface area contributed by atoms with Crippen LogP contribution in [0.3, 0.4) is 0 Å². The summed E-state index contributed by atoms with van der Waals surface area (Å²) >= 11 is 0. The highest BCUT2D eigenvalue weighted by Crippen LogP contribution is 2.50. The van der Waals surface area contributed by atoms with Crippen LogP contribution in [-0.2, 0) is 5.41 Å². The molecule has 0 saturated carbocycles. The zero-order valence-electron chi connectivity index (χ0n) is 33.5. The van der Waals surface area contributed by atoms with Crippen molar-refractivity contribution in [3.8, 4) is 84.7 Å². The monoisotopic (exact) mass is 780 g/mol. The Hall–Kier alpha value is -8.14. The number of rotatable bonds is 6. The van der Waals surface area contributed by atoms with Crippen molar-refractivity contribution in [2.75, 3.05) is 0 Å². The molecule has 0 N–H and O–H groups in total. The fourth-order valence-corrected chi connectivity index (χ4v) is 8.86. The number of benzene rings is 7. The minimum Gasteiger partial charge on any atom is -0.254 e. The molecule has 0 amide bonds. The molecule has 0 spiro atoms. The molecule has 286 valence electrons. The number of hydrogen-bond acceptors (Lipinski definition) is 6. The summed E-state index contributed by atoms with van der Waals surface area (Å²) in [7, 11) is 0. The highest BCUT2D eigenvalue weighted by molar-refractivity contribution is 6.08. The minimum atomic E-state index is -0.299. The van der Waals surface area contributed by atoms with Crippen molar-refractivity contribution in [1.29, 1.82) is 5.26 Å². The molecular weight excluding hydrogens is 745 g/mol. The fourth-order valence-electron chi connectivity index (χ4n) is 8.86. The molecule has 3 aromatic heterocycles. The van der Waals surface area contributed by atoms with Crippen LogP contribution in [0.2, 0.25) is 0 Å². The predicted molar refractivity (Wildman–Crippen MR) is 245 cm³/mol. The van der Waals surface area contributed by atoms with E-state index in [1.54, 1.807) is 0 Å². The summed E-state index contributed by atoms with van der Waals surface area (Å²) in [6, 6.07) is 61.0. The highest BCUT2D eigenvalue weighted by atomic mass is 15.0. The summed E-state index contributed by atoms with van der Waals surface area (Å²) in [5, 5.41) is 11.8. The second-order valence-corrected chi connectivity index (χ2v) is 16.1. The van der Waals surface area contributed by atoms with Gasteiger partial charge >= 0.3 is 0 Å². The lowest BCUT2D eigenvalue weighted by atomic mass is 9.81. The smallest absolute Gasteiger partial charge is 0.164 e. The van der Waals surface area contributed by atoms with Crippen molar-refractivity contribution in [1.82, 2.24) is 24.9 Å². The summed E-state index contributed by atoms with van der Waals surface area (Å²) in [5.41, 5.74) is 15.9. The first-order valence-electron chi connectivity index (χ1n) is 20.4. The lowest BCUT2D eigenvalue weighted by Crippen LogP contribution is -2.15. The van der Waals surface area contributed by atoms with E-state index in [-0.39, 0.29) is 5.41 Å². The Morgan fingerprint density at radius 1 is 0.410 bits per heavy atom. The van der Waals surface area contributed by atoms with E-state index in [1.165, 1.54) is 22.3 Å². The Labute approximate surface area is 353 Å². The van der Waals surface area contributed by atoms with Crippen molar-refractivity contribution in [3.63, 3.8) is 0 Å². The topological polar surface area (TPSA) is 88.2 Å². The third kappa shape index (κ3) is 6.23. The van der Waals surface area contributed by atoms with Gasteiger partial charge < -0.3 is 0 Å². The Kier molecular flexibility index (Phi) is 8.43. The number of hydrogen-bond donors (Lipinski definition) is 0. The van der Waals surface area contributed by atoms with Crippen molar-refractivity contribution < 1.29 is 0 Å². The van der Waals surface area contributed by atoms with Gasteiger partial charge in [-0.3, -0.25) is 9.97 Å². The average molecular weight is 781 g/mol. The SMILES string of the molecule is CC1(C)c2cc(C#N)ccc2-c2ccc(-c3cc(-c4nc(-c5ccccc5)nc(-c5ccc(-c6ccccc6)cc5)n4)cc(-c4ccnc5c4ccc4cccnc45)c3)cc21. The van der Waals surface area contributed by atoms with Crippen LogP contribution >= 0.6 is 0 Å². The maximum absolute atomic E-state index is 9.75. The summed E-state index contributed by atoms with van der Waals surface area (Å²) in [6.07, 6.45) is 3.69. The molecule has 10 aromatic rings. The molecule has 0 saturated heterocycles. The van der Waals surface area contributed by atoms with Gasteiger partial charge in [-0.05, 0) is 104 Å². The molecule has 1 aliphatic carbocycles. The number of nitriles is 1. The van der Waals surface area contributed by atoms with E-state index < -0.39 is 0 Å². The first-order chi connectivity index (χ1) is 29.9. The zero-order valence-corrected chi connectivity index (χ0v) is 33.5. The average Bonchev–Trinajstić information content (AvgIpc) is 3.55. The van der Waals surface area contributed by atoms with E-state index in [4.69, 9.17) is 24.9 Å². The van der Waals surface area contributed by atoms with E-state index in [9.17, 15) is 5.26 Å². The molecule has 6 nitrogen and oxygen atoms in total. The van der Waals surface area contributed by atoms with Gasteiger partial charge in [-0.25, -0.2) is 15.0 Å². The third-order valence-corrected chi connectivity index (χ3v) is 12.0. The van der Waals surface area contributed by atoms with Crippen LogP contribution in [0.4, 0.5) is 0 Å². The standard InChI is InChI=1S/C55H36N6/c1-55(2)48-28-34(33-56)15-22-45(48)46-23-21-40(32-49(46)55)41-29-42(44-25-27-58-51-47(44)24-20-37-14-9-26-57-50(37)51)31-43(30-41)54-60-52(38-12-7-4-8-13-38)59-53(61-54)39-18-16-36(17-19-39)35-10-5-3-6-11-35/h3-32H,1-2H3. The molecule has 0 fully saturated rings. The molecule has 1 aliphatic rings. The minimum absolute atomic E-state index is 0.299. The second-order valence-electron chi connectivity index (χ2n) is 16.1. The molecule has 3 heterocycles. The lowest BCUT2D eigenvalue weighted by molar-refractivity contribution is 0.660. The largest absolute Gasteiger partial charge is 0.254 e. The van der Waals surface area contributed by atoms with Gasteiger partial charge in [0.05, 0.1) is 22.7 Å². The predicted octanol–water partition coefficient (Wildman–Crippen LogP) is 13.1. The lowest BCUT2D eigenvalue weighted by Gasteiger charge is -2.22. The second kappa shape index (κ2) is 14.3. The van der Waals surface area contributed by atoms with Crippen molar-refractivity contribution in [3.05, 3.63) is 199 Å². The molecule has 0 unspecified atom stereocenters. The van der Waals surface area contributed by atoms with E-state index in [0.717, 1.165) is 71.9 Å². The van der Waals surface area contributed by atoms with Crippen LogP contribution < -0.4 is 0 Å². The van der Waals surface area contributed by atoms with Gasteiger partial charge in [0.1, 0.15) is 0 Å². The Morgan fingerprint density at radius 2 is 0.984 bits per heavy atom. The maximum Gasteiger partial charge on any atom is 0.164 e. The fraction of sp³-hybridized carbons (Fsp3) is 0.0545. The van der Waals surface area contributed by atoms with Gasteiger partial charge in [-0.2, -0.15) is 5.26 Å². The molecule has 11 rings (SSSR count). The third-order valence-electron chi connectivity index (χ3n) is 12.0. The molecule has 0 aliphatic heterocycles. The quantitative estimate of drug-likeness (QED) is 0.156. The number of pyridine rings is 2. The van der Waals surface area contributed by atoms with Crippen LogP contribution in [0, 0.1) is 11.3 Å². The molecule has 0 bridgehead atoms. The molecule has 0 atom stereocenters. The van der Waals surface area contributed by atoms with Crippen LogP contribution in [-0.4, -0.2) is 24.9 Å². The first-order valence-corrected chi connectivity index (χ1v) is 20.4. The van der Waals surface area contributed by atoms with Crippen molar-refractivity contribution >= 4 is 21.8 Å². The summed E-state index contributed by atoms with van der Waals surface area (Å²) in [6.45, 7) is 4.49. The molecular formula is C55H36N6. The van der Waals surface area contributed by atoms with E-state index in [2.05, 4.69) is 135 Å². The molecule has 6 heteroatoms. The number of fused-ring (bicyclic) bond motifs is 6. The summed E-state index contributed by atoms with van der Waals surface area (Å²) in [4.78, 5) is 25.1. The van der Waals surface area contributed by atoms with Gasteiger partial charge in [-0.1, -0.05) is 135 Å². The Bertz CT molecular complexity index is 3390. The van der Waals surface area contributed by atoms with E-state index >= 15 is 0 Å². The normalized spacial score (nSPS) is 12.5. The van der Waals surface area contributed by atoms with Crippen LogP contribution in [0.5, 0.6) is 0 Å². The van der Waals surface area contributed by atoms with Gasteiger partial charge in [-0.15, -0.1) is 0 Å². The number of nitrogens with zero attached hydrogens (tertiary/aromatic N) is 6. The van der Waals surface area contributed by atoms with E-state index in [0.29, 0.717) is 23.0 Å². The number of aromatic nitrogens is 5. The molecule has 0 radical (unpaired) electrons. The van der Waals surface area contributed by atoms with Gasteiger partial charge in [0.2, 0.25) is 0 Å². The van der Waals surface area contributed by atoms with Crippen LogP contribution in [0.1, 0.15) is 30.5 Å². The van der Waals surface area contributed by atoms with Gasteiger partial charge in [0, 0.05) is 45.3 Å². The van der Waals surface area contributed by atoms with Crippen molar-refractivity contribution in [2.45, 2.75) is 19.3 Å². The van der Waals surface area contributed by atoms with E-state index in [1.807, 2.05) is 67.0 Å². The van der Waals surface area contributed by atoms with Crippen LogP contribution in [0.15, 0.2) is 182 Å². The Balaban J connectivity index is 1.12. The highest BCUT2D eigenvalue weighted by Gasteiger charge is 2.36. The summed E-state index contributed by atoms with van der Waals surface area (Å²) in [5.74, 6) is 1.76.